The van der Waals surface area contributed by atoms with Gasteiger partial charge in [-0.05, 0) is 54.8 Å². The number of nitrogens with zero attached hydrogens (tertiary/aromatic N) is 2. The number of nitrogens with one attached hydrogen (secondary N) is 1. The number of hydrogen-bond acceptors (Lipinski definition) is 4. The van der Waals surface area contributed by atoms with E-state index in [0.29, 0.717) is 15.6 Å². The predicted molar refractivity (Wildman–Crippen MR) is 122 cm³/mol. The van der Waals surface area contributed by atoms with Crippen LogP contribution in [0.5, 0.6) is 0 Å². The molecule has 1 aromatic heterocycles. The highest BCUT2D eigenvalue weighted by atomic mass is 35.5. The van der Waals surface area contributed by atoms with Crippen LogP contribution in [0.1, 0.15) is 28.8 Å². The second-order valence-corrected chi connectivity index (χ2v) is 8.92. The molecule has 0 aliphatic carbocycles. The van der Waals surface area contributed by atoms with E-state index in [9.17, 15) is 4.79 Å². The molecule has 1 aliphatic heterocycles. The fraction of sp³-hybridized carbons (Fsp3) is 0.250. The molecule has 2 aromatic carbocycles. The Morgan fingerprint density at radius 3 is 2.50 bits per heavy atom. The maximum atomic E-state index is 13.0. The summed E-state index contributed by atoms with van der Waals surface area (Å²) in [4.78, 5) is 20.8. The molecule has 2 heterocycles. The molecule has 4 rings (SSSR count). The van der Waals surface area contributed by atoms with Gasteiger partial charge >= 0.3 is 0 Å². The molecular weight excluding hydrogens is 414 g/mol. The molecule has 0 atom stereocenters. The minimum absolute atomic E-state index is 0.0546. The largest absolute Gasteiger partial charge is 0.349 e. The average Bonchev–Trinajstić information content (AvgIpc) is 2.78. The Morgan fingerprint density at radius 2 is 1.77 bits per heavy atom. The number of piperidine rings is 1. The minimum Gasteiger partial charge on any atom is -0.349 e. The van der Waals surface area contributed by atoms with E-state index in [-0.39, 0.29) is 11.9 Å². The van der Waals surface area contributed by atoms with Crippen LogP contribution < -0.4 is 5.32 Å². The van der Waals surface area contributed by atoms with E-state index in [4.69, 9.17) is 11.6 Å². The molecule has 1 N–H and O–H groups in total. The van der Waals surface area contributed by atoms with Crippen LogP contribution >= 0.6 is 23.4 Å². The molecule has 4 nitrogen and oxygen atoms in total. The molecule has 0 spiro atoms. The first-order valence-electron chi connectivity index (χ1n) is 10.1. The van der Waals surface area contributed by atoms with Crippen LogP contribution in [-0.4, -0.2) is 34.9 Å². The van der Waals surface area contributed by atoms with Crippen molar-refractivity contribution in [3.63, 3.8) is 0 Å². The number of carbonyl (C=O) groups excluding carboxylic acids is 1. The summed E-state index contributed by atoms with van der Waals surface area (Å²) in [7, 11) is 0. The third kappa shape index (κ3) is 5.63. The van der Waals surface area contributed by atoms with Crippen molar-refractivity contribution in [3.05, 3.63) is 89.1 Å². The third-order valence-corrected chi connectivity index (χ3v) is 6.49. The Hall–Kier alpha value is -2.34. The van der Waals surface area contributed by atoms with Crippen molar-refractivity contribution < 1.29 is 4.79 Å². The first-order chi connectivity index (χ1) is 14.7. The van der Waals surface area contributed by atoms with Crippen LogP contribution in [0, 0.1) is 0 Å². The third-order valence-electron chi connectivity index (χ3n) is 5.22. The molecule has 1 fully saturated rings. The Kier molecular flexibility index (Phi) is 7.05. The van der Waals surface area contributed by atoms with Crippen LogP contribution in [-0.2, 0) is 6.54 Å². The van der Waals surface area contributed by atoms with Gasteiger partial charge in [0.1, 0.15) is 5.03 Å². The van der Waals surface area contributed by atoms with Crippen LogP contribution in [0.3, 0.4) is 0 Å². The molecule has 3 aromatic rings. The van der Waals surface area contributed by atoms with Gasteiger partial charge in [-0.25, -0.2) is 4.98 Å². The molecule has 1 saturated heterocycles. The Balaban J connectivity index is 1.34. The normalized spacial score (nSPS) is 15.1. The SMILES string of the molecule is O=C(NC1CCN(Cc2ccccc2)CC1)c1cccnc1Sc1ccc(Cl)cc1. The summed E-state index contributed by atoms with van der Waals surface area (Å²) in [5, 5.41) is 4.61. The van der Waals surface area contributed by atoms with Gasteiger partial charge in [0, 0.05) is 41.8 Å². The number of halogens is 1. The zero-order valence-electron chi connectivity index (χ0n) is 16.6. The summed E-state index contributed by atoms with van der Waals surface area (Å²) >= 11 is 7.44. The highest BCUT2D eigenvalue weighted by Crippen LogP contribution is 2.29. The number of likely N-dealkylation sites (tertiary alicyclic amines) is 1. The molecule has 30 heavy (non-hydrogen) atoms. The van der Waals surface area contributed by atoms with Gasteiger partial charge in [0.05, 0.1) is 5.56 Å². The van der Waals surface area contributed by atoms with E-state index in [1.165, 1.54) is 17.3 Å². The van der Waals surface area contributed by atoms with Crippen LogP contribution in [0.15, 0.2) is 82.8 Å². The molecule has 154 valence electrons. The lowest BCUT2D eigenvalue weighted by Gasteiger charge is -2.32. The van der Waals surface area contributed by atoms with Crippen molar-refractivity contribution in [2.75, 3.05) is 13.1 Å². The summed E-state index contributed by atoms with van der Waals surface area (Å²) in [5.41, 5.74) is 1.95. The van der Waals surface area contributed by atoms with Crippen molar-refractivity contribution >= 4 is 29.3 Å². The second-order valence-electron chi connectivity index (χ2n) is 7.42. The summed E-state index contributed by atoms with van der Waals surface area (Å²) in [6.45, 7) is 2.94. The standard InChI is InChI=1S/C24H24ClN3OS/c25-19-8-10-21(11-9-19)30-24-22(7-4-14-26-24)23(29)27-20-12-15-28(16-13-20)17-18-5-2-1-3-6-18/h1-11,14,20H,12-13,15-17H2,(H,27,29). The highest BCUT2D eigenvalue weighted by Gasteiger charge is 2.22. The van der Waals surface area contributed by atoms with Gasteiger partial charge in [-0.3, -0.25) is 9.69 Å². The van der Waals surface area contributed by atoms with E-state index in [1.54, 1.807) is 6.20 Å². The lowest BCUT2D eigenvalue weighted by molar-refractivity contribution is 0.0905. The van der Waals surface area contributed by atoms with Crippen molar-refractivity contribution in [2.24, 2.45) is 0 Å². The van der Waals surface area contributed by atoms with Gasteiger partial charge in [0.25, 0.3) is 5.91 Å². The van der Waals surface area contributed by atoms with Gasteiger partial charge in [0.2, 0.25) is 0 Å². The Bertz CT molecular complexity index is 973. The molecule has 0 saturated carbocycles. The first-order valence-corrected chi connectivity index (χ1v) is 11.3. The number of hydrogen-bond donors (Lipinski definition) is 1. The number of pyridine rings is 1. The van der Waals surface area contributed by atoms with E-state index >= 15 is 0 Å². The molecule has 0 unspecified atom stereocenters. The van der Waals surface area contributed by atoms with E-state index in [1.807, 2.05) is 42.5 Å². The lowest BCUT2D eigenvalue weighted by atomic mass is 10.0. The maximum absolute atomic E-state index is 13.0. The zero-order chi connectivity index (χ0) is 20.8. The van der Waals surface area contributed by atoms with Crippen molar-refractivity contribution in [1.82, 2.24) is 15.2 Å². The second kappa shape index (κ2) is 10.1. The zero-order valence-corrected chi connectivity index (χ0v) is 18.2. The van der Waals surface area contributed by atoms with Crippen molar-refractivity contribution in [3.8, 4) is 0 Å². The highest BCUT2D eigenvalue weighted by molar-refractivity contribution is 7.99. The van der Waals surface area contributed by atoms with Crippen molar-refractivity contribution in [2.45, 2.75) is 35.3 Å². The predicted octanol–water partition coefficient (Wildman–Crippen LogP) is 5.28. The summed E-state index contributed by atoms with van der Waals surface area (Å²) in [6, 6.07) is 21.9. The number of aromatic nitrogens is 1. The van der Waals surface area contributed by atoms with Crippen molar-refractivity contribution in [1.29, 1.82) is 0 Å². The topological polar surface area (TPSA) is 45.2 Å². The molecule has 1 amide bonds. The molecule has 1 aliphatic rings. The molecule has 0 radical (unpaired) electrons. The van der Waals surface area contributed by atoms with E-state index < -0.39 is 0 Å². The Morgan fingerprint density at radius 1 is 1.03 bits per heavy atom. The number of carbonyl (C=O) groups is 1. The van der Waals surface area contributed by atoms with Crippen LogP contribution in [0.25, 0.3) is 0 Å². The summed E-state index contributed by atoms with van der Waals surface area (Å²) < 4.78 is 0. The van der Waals surface area contributed by atoms with Crippen LogP contribution in [0.4, 0.5) is 0 Å². The average molecular weight is 438 g/mol. The maximum Gasteiger partial charge on any atom is 0.254 e. The van der Waals surface area contributed by atoms with Crippen LogP contribution in [0.2, 0.25) is 5.02 Å². The quantitative estimate of drug-likeness (QED) is 0.569. The van der Waals surface area contributed by atoms with E-state index in [0.717, 1.165) is 37.4 Å². The fourth-order valence-corrected chi connectivity index (χ4v) is 4.61. The monoisotopic (exact) mass is 437 g/mol. The van der Waals surface area contributed by atoms with Gasteiger partial charge in [-0.2, -0.15) is 0 Å². The molecule has 6 heteroatoms. The minimum atomic E-state index is -0.0546. The molecule has 0 bridgehead atoms. The smallest absolute Gasteiger partial charge is 0.254 e. The fourth-order valence-electron chi connectivity index (χ4n) is 3.60. The van der Waals surface area contributed by atoms with Gasteiger partial charge in [-0.15, -0.1) is 0 Å². The molecular formula is C24H24ClN3OS. The summed E-state index contributed by atoms with van der Waals surface area (Å²) in [5.74, 6) is -0.0546. The number of benzene rings is 2. The number of rotatable bonds is 6. The number of amides is 1. The Labute approximate surface area is 186 Å². The summed E-state index contributed by atoms with van der Waals surface area (Å²) in [6.07, 6.45) is 3.63. The first kappa shape index (κ1) is 20.9. The lowest BCUT2D eigenvalue weighted by Crippen LogP contribution is -2.44. The van der Waals surface area contributed by atoms with Gasteiger partial charge in [-0.1, -0.05) is 53.7 Å². The van der Waals surface area contributed by atoms with Gasteiger partial charge in [0.15, 0.2) is 0 Å². The van der Waals surface area contributed by atoms with Gasteiger partial charge < -0.3 is 5.32 Å². The van der Waals surface area contributed by atoms with E-state index in [2.05, 4.69) is 39.5 Å².